The van der Waals surface area contributed by atoms with Crippen LogP contribution in [0, 0.1) is 0 Å². The first-order valence-electron chi connectivity index (χ1n) is 11.1. The lowest BCUT2D eigenvalue weighted by Crippen LogP contribution is -2.30. The van der Waals surface area contributed by atoms with E-state index in [9.17, 15) is 4.79 Å². The van der Waals surface area contributed by atoms with Crippen LogP contribution in [0.3, 0.4) is 0 Å². The molecule has 1 atom stereocenters. The molecule has 0 saturated carbocycles. The highest BCUT2D eigenvalue weighted by molar-refractivity contribution is 7.99. The van der Waals surface area contributed by atoms with Crippen molar-refractivity contribution in [2.45, 2.75) is 76.3 Å². The summed E-state index contributed by atoms with van der Waals surface area (Å²) in [4.78, 5) is 21.2. The molecule has 1 fully saturated rings. The maximum absolute atomic E-state index is 12.2. The molecule has 1 unspecified atom stereocenters. The van der Waals surface area contributed by atoms with Crippen molar-refractivity contribution in [3.05, 3.63) is 36.7 Å². The number of esters is 1. The van der Waals surface area contributed by atoms with E-state index in [1.165, 1.54) is 38.5 Å². The molecule has 1 aliphatic heterocycles. The Hall–Kier alpha value is -1.96. The third-order valence-corrected chi connectivity index (χ3v) is 6.00. The maximum atomic E-state index is 12.2. The average Bonchev–Trinajstić information content (AvgIpc) is 3.14. The van der Waals surface area contributed by atoms with E-state index < -0.39 is 17.9 Å². The second-order valence-electron chi connectivity index (χ2n) is 8.13. The summed E-state index contributed by atoms with van der Waals surface area (Å²) in [6.07, 6.45) is 10.7. The van der Waals surface area contributed by atoms with Crippen LogP contribution in [0.15, 0.2) is 41.8 Å². The molecule has 1 saturated heterocycles. The van der Waals surface area contributed by atoms with E-state index in [0.29, 0.717) is 5.75 Å². The van der Waals surface area contributed by atoms with E-state index >= 15 is 0 Å². The molecule has 6 nitrogen and oxygen atoms in total. The first kappa shape index (κ1) is 23.7. The van der Waals surface area contributed by atoms with Gasteiger partial charge in [0.2, 0.25) is 0 Å². The second-order valence-corrected chi connectivity index (χ2v) is 9.20. The smallest absolute Gasteiger partial charge is 0.343 e. The zero-order valence-electron chi connectivity index (χ0n) is 18.6. The molecule has 7 heteroatoms. The summed E-state index contributed by atoms with van der Waals surface area (Å²) in [5.41, 5.74) is 1.89. The van der Waals surface area contributed by atoms with Gasteiger partial charge in [-0.2, -0.15) is 0 Å². The van der Waals surface area contributed by atoms with E-state index in [1.54, 1.807) is 37.7 Å². The van der Waals surface area contributed by atoms with E-state index in [0.717, 1.165) is 22.0 Å². The molecule has 0 bridgehead atoms. The number of rotatable bonds is 11. The van der Waals surface area contributed by atoms with Crippen LogP contribution in [0.4, 0.5) is 0 Å². The van der Waals surface area contributed by atoms with Gasteiger partial charge in [0.15, 0.2) is 17.0 Å². The van der Waals surface area contributed by atoms with Crippen molar-refractivity contribution in [1.29, 1.82) is 0 Å². The van der Waals surface area contributed by atoms with Gasteiger partial charge in [0, 0.05) is 23.7 Å². The molecule has 2 heterocycles. The van der Waals surface area contributed by atoms with E-state index in [2.05, 4.69) is 16.9 Å². The van der Waals surface area contributed by atoms with Crippen molar-refractivity contribution in [3.63, 3.8) is 0 Å². The third kappa shape index (κ3) is 7.59. The quantitative estimate of drug-likeness (QED) is 0.146. The highest BCUT2D eigenvalue weighted by Crippen LogP contribution is 2.26. The minimum Gasteiger partial charge on any atom is -0.425 e. The number of hydrogen-bond acceptors (Lipinski definition) is 7. The normalized spacial score (nSPS) is 17.6. The maximum Gasteiger partial charge on any atom is 0.343 e. The Kier molecular flexibility index (Phi) is 8.87. The van der Waals surface area contributed by atoms with Crippen LogP contribution < -0.4 is 4.74 Å². The van der Waals surface area contributed by atoms with Crippen molar-refractivity contribution in [1.82, 2.24) is 9.97 Å². The number of thioether (sulfide) groups is 1. The van der Waals surface area contributed by atoms with Gasteiger partial charge in [-0.1, -0.05) is 62.9 Å². The van der Waals surface area contributed by atoms with Crippen LogP contribution in [0.25, 0.3) is 11.1 Å². The van der Waals surface area contributed by atoms with Gasteiger partial charge in [0.25, 0.3) is 0 Å². The molecule has 0 radical (unpaired) electrons. The van der Waals surface area contributed by atoms with Crippen LogP contribution in [0.2, 0.25) is 0 Å². The van der Waals surface area contributed by atoms with Gasteiger partial charge >= 0.3 is 5.97 Å². The lowest BCUT2D eigenvalue weighted by molar-refractivity contribution is -0.162. The first-order chi connectivity index (χ1) is 15.0. The Balaban J connectivity index is 1.44. The monoisotopic (exact) mass is 444 g/mol. The van der Waals surface area contributed by atoms with Gasteiger partial charge in [-0.3, -0.25) is 0 Å². The van der Waals surface area contributed by atoms with Crippen LogP contribution in [0.5, 0.6) is 5.75 Å². The Bertz CT molecular complexity index is 824. The Morgan fingerprint density at radius 1 is 1.06 bits per heavy atom. The number of benzene rings is 1. The third-order valence-electron chi connectivity index (χ3n) is 5.03. The largest absolute Gasteiger partial charge is 0.425 e. The van der Waals surface area contributed by atoms with Crippen LogP contribution in [0.1, 0.15) is 59.3 Å². The number of hydrogen-bond donors (Lipinski definition) is 0. The van der Waals surface area contributed by atoms with E-state index in [-0.39, 0.29) is 6.61 Å². The highest BCUT2D eigenvalue weighted by Gasteiger charge is 2.38. The lowest BCUT2D eigenvalue weighted by Gasteiger charge is -2.16. The summed E-state index contributed by atoms with van der Waals surface area (Å²) in [7, 11) is 0. The first-order valence-corrected chi connectivity index (χ1v) is 12.0. The zero-order chi connectivity index (χ0) is 22.1. The van der Waals surface area contributed by atoms with Crippen LogP contribution in [-0.4, -0.2) is 40.2 Å². The molecular weight excluding hydrogens is 412 g/mol. The fraction of sp³-hybridized carbons (Fsp3) is 0.542. The van der Waals surface area contributed by atoms with Crippen molar-refractivity contribution >= 4 is 17.7 Å². The molecule has 2 aromatic rings. The van der Waals surface area contributed by atoms with Gasteiger partial charge in [0.1, 0.15) is 5.75 Å². The molecule has 0 N–H and O–H groups in total. The summed E-state index contributed by atoms with van der Waals surface area (Å²) in [5.74, 6) is 0.313. The number of carbonyl (C=O) groups is 1. The van der Waals surface area contributed by atoms with Crippen LogP contribution in [-0.2, 0) is 14.3 Å². The Labute approximate surface area is 189 Å². The molecule has 31 heavy (non-hydrogen) atoms. The minimum absolute atomic E-state index is 0.199. The molecular formula is C24H32N2O4S. The van der Waals surface area contributed by atoms with Gasteiger partial charge in [0.05, 0.1) is 6.61 Å². The summed E-state index contributed by atoms with van der Waals surface area (Å²) >= 11 is 1.71. The molecule has 1 aliphatic rings. The minimum atomic E-state index is -0.757. The lowest BCUT2D eigenvalue weighted by atomic mass is 10.1. The SMILES string of the molecule is CCCCCCCCSc1ncc(-c2ccc(OC(=O)C3COC(C)(C)O3)cc2)cn1. The predicted molar refractivity (Wildman–Crippen MR) is 122 cm³/mol. The van der Waals surface area contributed by atoms with Gasteiger partial charge < -0.3 is 14.2 Å². The number of unbranched alkanes of at least 4 members (excludes halogenated alkanes) is 5. The summed E-state index contributed by atoms with van der Waals surface area (Å²) in [6.45, 7) is 5.98. The Morgan fingerprint density at radius 2 is 1.74 bits per heavy atom. The zero-order valence-corrected chi connectivity index (χ0v) is 19.5. The van der Waals surface area contributed by atoms with Crippen molar-refractivity contribution in [2.75, 3.05) is 12.4 Å². The molecule has 1 aromatic carbocycles. The summed E-state index contributed by atoms with van der Waals surface area (Å²) in [6, 6.07) is 7.30. The summed E-state index contributed by atoms with van der Waals surface area (Å²) < 4.78 is 16.3. The van der Waals surface area contributed by atoms with Crippen molar-refractivity contribution in [2.24, 2.45) is 0 Å². The van der Waals surface area contributed by atoms with Crippen molar-refractivity contribution in [3.8, 4) is 16.9 Å². The number of carbonyl (C=O) groups excluding carboxylic acids is 1. The molecule has 0 aliphatic carbocycles. The fourth-order valence-electron chi connectivity index (χ4n) is 3.29. The van der Waals surface area contributed by atoms with Crippen LogP contribution >= 0.6 is 11.8 Å². The predicted octanol–water partition coefficient (Wildman–Crippen LogP) is 5.65. The van der Waals surface area contributed by atoms with E-state index in [1.807, 2.05) is 24.5 Å². The average molecular weight is 445 g/mol. The van der Waals surface area contributed by atoms with Gasteiger partial charge in [-0.25, -0.2) is 14.8 Å². The standard InChI is InChI=1S/C24H32N2O4S/c1-4-5-6-7-8-9-14-31-23-25-15-19(16-26-23)18-10-12-20(13-11-18)29-22(27)21-17-28-24(2,3)30-21/h10-13,15-16,21H,4-9,14,17H2,1-3H3. The number of aromatic nitrogens is 2. The summed E-state index contributed by atoms with van der Waals surface area (Å²) in [5, 5.41) is 0.810. The highest BCUT2D eigenvalue weighted by atomic mass is 32.2. The Morgan fingerprint density at radius 3 is 2.39 bits per heavy atom. The van der Waals surface area contributed by atoms with Gasteiger partial charge in [-0.05, 0) is 38.0 Å². The topological polar surface area (TPSA) is 70.5 Å². The number of ether oxygens (including phenoxy) is 3. The van der Waals surface area contributed by atoms with Gasteiger partial charge in [-0.15, -0.1) is 0 Å². The molecule has 3 rings (SSSR count). The van der Waals surface area contributed by atoms with E-state index in [4.69, 9.17) is 14.2 Å². The molecule has 0 amide bonds. The number of nitrogens with zero attached hydrogens (tertiary/aromatic N) is 2. The molecule has 168 valence electrons. The second kappa shape index (κ2) is 11.6. The fourth-order valence-corrected chi connectivity index (χ4v) is 4.07. The molecule has 1 aromatic heterocycles. The molecule has 0 spiro atoms. The van der Waals surface area contributed by atoms with Crippen molar-refractivity contribution < 1.29 is 19.0 Å².